The van der Waals surface area contributed by atoms with Gasteiger partial charge >= 0.3 is 0 Å². The number of fused-ring (bicyclic) bond motifs is 16. The second-order valence-corrected chi connectivity index (χ2v) is 22.7. The molecule has 0 radical (unpaired) electrons. The third kappa shape index (κ3) is 5.97. The molecule has 12 aromatic carbocycles. The van der Waals surface area contributed by atoms with Gasteiger partial charge in [-0.15, -0.1) is 0 Å². The minimum Gasteiger partial charge on any atom is -0.308 e. The monoisotopic (exact) mass is 955 g/mol. The Kier molecular flexibility index (Phi) is 8.43. The van der Waals surface area contributed by atoms with E-state index in [0.29, 0.717) is 11.5 Å². The number of aromatic nitrogens is 2. The zero-order valence-electron chi connectivity index (χ0n) is 42.5. The Bertz CT molecular complexity index is 5200. The first-order chi connectivity index (χ1) is 36.5. The van der Waals surface area contributed by atoms with E-state index in [0.717, 1.165) is 11.1 Å². The predicted octanol–water partition coefficient (Wildman–Crippen LogP) is 19.9. The van der Waals surface area contributed by atoms with Crippen LogP contribution in [0.25, 0.3) is 153 Å². The summed E-state index contributed by atoms with van der Waals surface area (Å²) in [6, 6.07) is 78.0. The molecular formula is C72H49N3. The highest BCUT2D eigenvalue weighted by atomic mass is 14.9. The van der Waals surface area contributed by atoms with E-state index in [9.17, 15) is 5.26 Å². The number of hydrogen-bond acceptors (Lipinski definition) is 1. The lowest BCUT2D eigenvalue weighted by Gasteiger charge is -2.23. The molecule has 0 aliphatic carbocycles. The van der Waals surface area contributed by atoms with E-state index in [1.165, 1.54) is 153 Å². The molecule has 3 heteroatoms. The zero-order chi connectivity index (χ0) is 50.2. The fourth-order valence-corrected chi connectivity index (χ4v) is 13.4. The maximum atomic E-state index is 10.1. The van der Waals surface area contributed by atoms with Crippen LogP contribution in [-0.4, -0.2) is 8.80 Å². The van der Waals surface area contributed by atoms with Crippen LogP contribution in [0.15, 0.2) is 200 Å². The second kappa shape index (κ2) is 14.9. The molecule has 0 aliphatic rings. The molecule has 0 saturated carbocycles. The van der Waals surface area contributed by atoms with Crippen molar-refractivity contribution in [3.63, 3.8) is 0 Å². The number of rotatable bonds is 4. The summed E-state index contributed by atoms with van der Waals surface area (Å²) in [4.78, 5) is 0. The fraction of sp³-hybridized carbons (Fsp3) is 0.0972. The Labute approximate surface area is 433 Å². The van der Waals surface area contributed by atoms with Crippen molar-refractivity contribution in [1.29, 1.82) is 5.26 Å². The van der Waals surface area contributed by atoms with Crippen LogP contribution in [0.4, 0.5) is 0 Å². The van der Waals surface area contributed by atoms with Crippen LogP contribution >= 0.6 is 0 Å². The van der Waals surface area contributed by atoms with Crippen LogP contribution in [0.3, 0.4) is 0 Å². The second-order valence-electron chi connectivity index (χ2n) is 22.7. The number of benzene rings is 12. The van der Waals surface area contributed by atoms with E-state index >= 15 is 0 Å². The molecular weight excluding hydrogens is 907 g/mol. The molecule has 352 valence electrons. The van der Waals surface area contributed by atoms with Gasteiger partial charge in [0.15, 0.2) is 0 Å². The van der Waals surface area contributed by atoms with Gasteiger partial charge in [0.25, 0.3) is 0 Å². The van der Waals surface area contributed by atoms with Gasteiger partial charge in [-0.25, -0.2) is 0 Å². The molecule has 0 aliphatic heterocycles. The van der Waals surface area contributed by atoms with E-state index in [1.54, 1.807) is 0 Å². The topological polar surface area (TPSA) is 32.6 Å². The van der Waals surface area contributed by atoms with Crippen molar-refractivity contribution in [1.82, 2.24) is 8.80 Å². The van der Waals surface area contributed by atoms with Crippen molar-refractivity contribution >= 4 is 119 Å². The molecule has 4 aromatic heterocycles. The van der Waals surface area contributed by atoms with Gasteiger partial charge in [-0.3, -0.25) is 0 Å². The van der Waals surface area contributed by atoms with E-state index < -0.39 is 0 Å². The predicted molar refractivity (Wildman–Crippen MR) is 320 cm³/mol. The van der Waals surface area contributed by atoms with Gasteiger partial charge in [-0.2, -0.15) is 5.26 Å². The Morgan fingerprint density at radius 1 is 0.360 bits per heavy atom. The first-order valence-corrected chi connectivity index (χ1v) is 26.4. The van der Waals surface area contributed by atoms with E-state index in [1.807, 2.05) is 6.07 Å². The summed E-state index contributed by atoms with van der Waals surface area (Å²) in [5.74, 6) is 0.296. The highest BCUT2D eigenvalue weighted by molar-refractivity contribution is 6.29. The van der Waals surface area contributed by atoms with Gasteiger partial charge in [0.1, 0.15) is 0 Å². The van der Waals surface area contributed by atoms with Gasteiger partial charge in [-0.05, 0) is 196 Å². The third-order valence-corrected chi connectivity index (χ3v) is 16.9. The molecule has 4 heterocycles. The van der Waals surface area contributed by atoms with E-state index in [4.69, 9.17) is 0 Å². The van der Waals surface area contributed by atoms with Gasteiger partial charge in [0.05, 0.1) is 44.7 Å². The first kappa shape index (κ1) is 42.3. The van der Waals surface area contributed by atoms with Crippen molar-refractivity contribution < 1.29 is 0 Å². The Hall–Kier alpha value is -9.23. The van der Waals surface area contributed by atoms with Crippen molar-refractivity contribution in [2.24, 2.45) is 0 Å². The largest absolute Gasteiger partial charge is 0.308 e. The molecule has 16 rings (SSSR count). The Morgan fingerprint density at radius 3 is 1.20 bits per heavy atom. The zero-order valence-corrected chi connectivity index (χ0v) is 42.5. The molecule has 0 fully saturated rings. The molecule has 3 nitrogen and oxygen atoms in total. The van der Waals surface area contributed by atoms with Crippen molar-refractivity contribution in [2.75, 3.05) is 0 Å². The van der Waals surface area contributed by atoms with Crippen LogP contribution in [0, 0.1) is 11.3 Å². The molecule has 0 amide bonds. The molecule has 16 aromatic rings. The lowest BCUT2D eigenvalue weighted by atomic mass is 9.81. The molecule has 0 spiro atoms. The van der Waals surface area contributed by atoms with Gasteiger partial charge in [-0.1, -0.05) is 138 Å². The summed E-state index contributed by atoms with van der Waals surface area (Å²) in [5.41, 5.74) is 17.9. The number of nitriles is 1. The highest BCUT2D eigenvalue weighted by Gasteiger charge is 2.25. The maximum absolute atomic E-state index is 10.1. The normalized spacial score (nSPS) is 12.7. The quantitative estimate of drug-likeness (QED) is 0.173. The van der Waals surface area contributed by atoms with E-state index in [2.05, 4.69) is 244 Å². The number of nitrogens with zero attached hydrogens (tertiary/aromatic N) is 3. The minimum absolute atomic E-state index is 0.0124. The summed E-state index contributed by atoms with van der Waals surface area (Å²) in [5, 5.41) is 30.0. The van der Waals surface area contributed by atoms with Crippen LogP contribution in [-0.2, 0) is 5.41 Å². The fourth-order valence-electron chi connectivity index (χ4n) is 13.4. The molecule has 0 unspecified atom stereocenters. The molecule has 0 N–H and O–H groups in total. The van der Waals surface area contributed by atoms with Gasteiger partial charge < -0.3 is 8.80 Å². The highest BCUT2D eigenvalue weighted by Crippen LogP contribution is 2.48. The smallest absolute Gasteiger partial charge is 0.0991 e. The van der Waals surface area contributed by atoms with Crippen molar-refractivity contribution in [3.05, 3.63) is 217 Å². The maximum Gasteiger partial charge on any atom is 0.0991 e. The third-order valence-electron chi connectivity index (χ3n) is 16.9. The standard InChI is InChI=1S/C72H49N3/c1-40(2)54-23-18-41(39-73)24-56(54)53-33-63-58-28-43-13-7-9-15-45(43)36-67(58)75-69-38-49-22-20-47(26-51(49)30-60(69)64(34-53)71(63)75)46-19-21-48-37-68-59(29-50(48)25-46)62-32-52(55-16-10-11-17-65(55)72(3,4)5)31-61-57-27-42-12-6-8-14-44(42)35-66(57)74(68)70(61)62/h6-38,40H,1-5H3. The van der Waals surface area contributed by atoms with Crippen molar-refractivity contribution in [2.45, 2.75) is 46.0 Å². The van der Waals surface area contributed by atoms with Gasteiger partial charge in [0.2, 0.25) is 0 Å². The Balaban J connectivity index is 0.903. The Morgan fingerprint density at radius 2 is 0.760 bits per heavy atom. The average molecular weight is 956 g/mol. The van der Waals surface area contributed by atoms with Crippen LogP contribution < -0.4 is 0 Å². The first-order valence-electron chi connectivity index (χ1n) is 26.4. The summed E-state index contributed by atoms with van der Waals surface area (Å²) in [6.07, 6.45) is 0. The van der Waals surface area contributed by atoms with Crippen LogP contribution in [0.1, 0.15) is 57.2 Å². The summed E-state index contributed by atoms with van der Waals surface area (Å²) in [6.45, 7) is 11.4. The SMILES string of the molecule is CC(C)c1ccc(C#N)cc1-c1cc2c3cc4ccccc4cc3n3c4cc5ccc(-c6ccc7cc8c(cc7c6)c6cc(-c7ccccc7C(C)(C)C)cc7c9cc%10ccccc%10cc9n8c76)cc5cc4c(c1)c23. The summed E-state index contributed by atoms with van der Waals surface area (Å²) in [7, 11) is 0. The van der Waals surface area contributed by atoms with Crippen molar-refractivity contribution in [3.8, 4) is 39.4 Å². The molecule has 0 saturated heterocycles. The lowest BCUT2D eigenvalue weighted by Crippen LogP contribution is -2.12. The summed E-state index contributed by atoms with van der Waals surface area (Å²) < 4.78 is 5.04. The summed E-state index contributed by atoms with van der Waals surface area (Å²) >= 11 is 0. The molecule has 75 heavy (non-hydrogen) atoms. The average Bonchev–Trinajstić information content (AvgIpc) is 4.31. The molecule has 0 atom stereocenters. The van der Waals surface area contributed by atoms with Gasteiger partial charge in [0, 0.05) is 43.1 Å². The van der Waals surface area contributed by atoms with Crippen LogP contribution in [0.2, 0.25) is 0 Å². The lowest BCUT2D eigenvalue weighted by molar-refractivity contribution is 0.592. The minimum atomic E-state index is -0.0124. The van der Waals surface area contributed by atoms with E-state index in [-0.39, 0.29) is 5.41 Å². The molecule has 0 bridgehead atoms. The number of hydrogen-bond donors (Lipinski definition) is 0. The van der Waals surface area contributed by atoms with Crippen LogP contribution in [0.5, 0.6) is 0 Å².